The van der Waals surface area contributed by atoms with Crippen LogP contribution in [0.4, 0.5) is 0 Å². The second-order valence-electron chi connectivity index (χ2n) is 4.39. The molecule has 0 radical (unpaired) electrons. The van der Waals surface area contributed by atoms with Crippen LogP contribution in [0.5, 0.6) is 0 Å². The second kappa shape index (κ2) is 5.74. The lowest BCUT2D eigenvalue weighted by atomic mass is 9.94. The molecule has 17 heavy (non-hydrogen) atoms. The molecule has 0 bridgehead atoms. The normalized spacial score (nSPS) is 24.4. The first-order valence-corrected chi connectivity index (χ1v) is 6.69. The van der Waals surface area contributed by atoms with E-state index < -0.39 is 0 Å². The van der Waals surface area contributed by atoms with E-state index in [1.165, 1.54) is 0 Å². The zero-order valence-electron chi connectivity index (χ0n) is 9.46. The van der Waals surface area contributed by atoms with Crippen molar-refractivity contribution in [3.05, 3.63) is 34.9 Å². The Labute approximate surface area is 111 Å². The van der Waals surface area contributed by atoms with Gasteiger partial charge < -0.3 is 5.32 Å². The Balaban J connectivity index is 2.01. The molecule has 2 nitrogen and oxygen atoms in total. The van der Waals surface area contributed by atoms with E-state index in [0.29, 0.717) is 10.6 Å². The maximum absolute atomic E-state index is 12.0. The van der Waals surface area contributed by atoms with Crippen molar-refractivity contribution in [1.82, 2.24) is 5.32 Å². The van der Waals surface area contributed by atoms with Crippen molar-refractivity contribution in [2.24, 2.45) is 0 Å². The van der Waals surface area contributed by atoms with Crippen molar-refractivity contribution in [1.29, 1.82) is 0 Å². The molecule has 92 valence electrons. The average Bonchev–Trinajstić information content (AvgIpc) is 2.32. The summed E-state index contributed by atoms with van der Waals surface area (Å²) in [5, 5.41) is 3.60. The summed E-state index contributed by atoms with van der Waals surface area (Å²) in [6.45, 7) is 0. The summed E-state index contributed by atoms with van der Waals surface area (Å²) in [4.78, 5) is 12.0. The predicted molar refractivity (Wildman–Crippen MR) is 70.8 cm³/mol. The molecule has 2 rings (SSSR count). The molecule has 1 aromatic rings. The van der Waals surface area contributed by atoms with Gasteiger partial charge in [-0.15, -0.1) is 11.6 Å². The van der Waals surface area contributed by atoms with E-state index in [0.717, 1.165) is 25.7 Å². The summed E-state index contributed by atoms with van der Waals surface area (Å²) < 4.78 is 0. The predicted octanol–water partition coefficient (Wildman–Crippen LogP) is 3.62. The molecule has 0 aromatic heterocycles. The summed E-state index contributed by atoms with van der Waals surface area (Å²) in [5.41, 5.74) is 0.590. The molecule has 2 atom stereocenters. The number of nitrogens with one attached hydrogen (secondary N) is 1. The summed E-state index contributed by atoms with van der Waals surface area (Å²) in [7, 11) is 0. The third kappa shape index (κ3) is 3.36. The van der Waals surface area contributed by atoms with Gasteiger partial charge in [-0.1, -0.05) is 30.5 Å². The van der Waals surface area contributed by atoms with Crippen molar-refractivity contribution in [2.75, 3.05) is 0 Å². The van der Waals surface area contributed by atoms with E-state index >= 15 is 0 Å². The number of alkyl halides is 1. The first-order valence-electron chi connectivity index (χ1n) is 5.87. The molecule has 0 heterocycles. The van der Waals surface area contributed by atoms with E-state index in [2.05, 4.69) is 5.32 Å². The monoisotopic (exact) mass is 271 g/mol. The maximum atomic E-state index is 12.0. The van der Waals surface area contributed by atoms with Gasteiger partial charge in [-0.05, 0) is 31.0 Å². The fourth-order valence-corrected chi connectivity index (χ4v) is 2.66. The van der Waals surface area contributed by atoms with Crippen LogP contribution in [0.1, 0.15) is 36.0 Å². The van der Waals surface area contributed by atoms with Gasteiger partial charge in [0.15, 0.2) is 0 Å². The van der Waals surface area contributed by atoms with Crippen LogP contribution < -0.4 is 5.32 Å². The highest BCUT2D eigenvalue weighted by molar-refractivity contribution is 6.31. The molecule has 1 aliphatic carbocycles. The van der Waals surface area contributed by atoms with Crippen LogP contribution in [0.25, 0.3) is 0 Å². The Bertz CT molecular complexity index is 408. The zero-order chi connectivity index (χ0) is 12.3. The van der Waals surface area contributed by atoms with Crippen molar-refractivity contribution < 1.29 is 4.79 Å². The van der Waals surface area contributed by atoms with Gasteiger partial charge in [-0.25, -0.2) is 0 Å². The summed E-state index contributed by atoms with van der Waals surface area (Å²) in [6, 6.07) is 7.03. The minimum Gasteiger partial charge on any atom is -0.348 e. The summed E-state index contributed by atoms with van der Waals surface area (Å²) in [5.74, 6) is -0.0925. The van der Waals surface area contributed by atoms with Crippen LogP contribution in [0.3, 0.4) is 0 Å². The van der Waals surface area contributed by atoms with Crippen LogP contribution >= 0.6 is 23.2 Å². The zero-order valence-corrected chi connectivity index (χ0v) is 11.0. The van der Waals surface area contributed by atoms with E-state index in [1.807, 2.05) is 0 Å². The minimum absolute atomic E-state index is 0.0480. The van der Waals surface area contributed by atoms with Gasteiger partial charge >= 0.3 is 0 Å². The Hall–Kier alpha value is -0.730. The molecule has 1 N–H and O–H groups in total. The minimum atomic E-state index is -0.0925. The molecule has 4 heteroatoms. The van der Waals surface area contributed by atoms with E-state index in [1.54, 1.807) is 24.3 Å². The summed E-state index contributed by atoms with van der Waals surface area (Å²) in [6.07, 6.45) is 4.21. The first-order chi connectivity index (χ1) is 8.16. The van der Waals surface area contributed by atoms with Crippen LogP contribution in [-0.4, -0.2) is 17.3 Å². The summed E-state index contributed by atoms with van der Waals surface area (Å²) >= 11 is 12.1. The highest BCUT2D eigenvalue weighted by Gasteiger charge is 2.24. The van der Waals surface area contributed by atoms with Crippen molar-refractivity contribution in [3.8, 4) is 0 Å². The molecule has 0 aliphatic heterocycles. The Morgan fingerprint density at radius 1 is 1.29 bits per heavy atom. The Morgan fingerprint density at radius 3 is 2.76 bits per heavy atom. The van der Waals surface area contributed by atoms with Gasteiger partial charge in [0.1, 0.15) is 0 Å². The molecule has 1 aliphatic rings. The first kappa shape index (κ1) is 12.7. The number of hydrogen-bond acceptors (Lipinski definition) is 1. The lowest BCUT2D eigenvalue weighted by Crippen LogP contribution is -2.42. The lowest BCUT2D eigenvalue weighted by Gasteiger charge is -2.27. The molecule has 2 unspecified atom stereocenters. The fraction of sp³-hybridized carbons (Fsp3) is 0.462. The topological polar surface area (TPSA) is 29.1 Å². The van der Waals surface area contributed by atoms with E-state index in [-0.39, 0.29) is 17.3 Å². The highest BCUT2D eigenvalue weighted by Crippen LogP contribution is 2.23. The van der Waals surface area contributed by atoms with Crippen LogP contribution in [0.2, 0.25) is 5.02 Å². The van der Waals surface area contributed by atoms with Gasteiger partial charge in [0, 0.05) is 16.6 Å². The van der Waals surface area contributed by atoms with Crippen LogP contribution in [-0.2, 0) is 0 Å². The van der Waals surface area contributed by atoms with Gasteiger partial charge in [0.05, 0.1) is 5.38 Å². The van der Waals surface area contributed by atoms with Crippen molar-refractivity contribution >= 4 is 29.1 Å². The number of carbonyl (C=O) groups excluding carboxylic acids is 1. The molecule has 0 spiro atoms. The quantitative estimate of drug-likeness (QED) is 0.818. The molecular weight excluding hydrogens is 257 g/mol. The SMILES string of the molecule is O=C(NC1CCCCC1Cl)c1cccc(Cl)c1. The molecule has 1 saturated carbocycles. The van der Waals surface area contributed by atoms with Gasteiger partial charge in [-0.3, -0.25) is 4.79 Å². The highest BCUT2D eigenvalue weighted by atomic mass is 35.5. The molecule has 1 amide bonds. The molecular formula is C13H15Cl2NO. The number of hydrogen-bond donors (Lipinski definition) is 1. The number of carbonyl (C=O) groups is 1. The van der Waals surface area contributed by atoms with Gasteiger partial charge in [-0.2, -0.15) is 0 Å². The number of amides is 1. The largest absolute Gasteiger partial charge is 0.348 e. The Kier molecular flexibility index (Phi) is 4.30. The number of rotatable bonds is 2. The van der Waals surface area contributed by atoms with Crippen molar-refractivity contribution in [3.63, 3.8) is 0 Å². The fourth-order valence-electron chi connectivity index (χ4n) is 2.13. The second-order valence-corrected chi connectivity index (χ2v) is 5.39. The average molecular weight is 272 g/mol. The maximum Gasteiger partial charge on any atom is 0.251 e. The third-order valence-corrected chi connectivity index (χ3v) is 3.84. The lowest BCUT2D eigenvalue weighted by molar-refractivity contribution is 0.0928. The number of halogens is 2. The van der Waals surface area contributed by atoms with E-state index in [4.69, 9.17) is 23.2 Å². The van der Waals surface area contributed by atoms with Crippen LogP contribution in [0, 0.1) is 0 Å². The molecule has 1 fully saturated rings. The van der Waals surface area contributed by atoms with E-state index in [9.17, 15) is 4.79 Å². The third-order valence-electron chi connectivity index (χ3n) is 3.08. The Morgan fingerprint density at radius 2 is 2.06 bits per heavy atom. The number of benzene rings is 1. The molecule has 1 aromatic carbocycles. The van der Waals surface area contributed by atoms with Gasteiger partial charge in [0.2, 0.25) is 0 Å². The standard InChI is InChI=1S/C13H15Cl2NO/c14-10-5-3-4-9(8-10)13(17)16-12-7-2-1-6-11(12)15/h3-5,8,11-12H,1-2,6-7H2,(H,16,17). The van der Waals surface area contributed by atoms with Crippen molar-refractivity contribution in [2.45, 2.75) is 37.1 Å². The smallest absolute Gasteiger partial charge is 0.251 e. The van der Waals surface area contributed by atoms with Crippen LogP contribution in [0.15, 0.2) is 24.3 Å². The molecule has 0 saturated heterocycles. The van der Waals surface area contributed by atoms with Gasteiger partial charge in [0.25, 0.3) is 5.91 Å².